The first-order valence-electron chi connectivity index (χ1n) is 15.8. The van der Waals surface area contributed by atoms with Crippen LogP contribution in [0.1, 0.15) is 38.2 Å². The van der Waals surface area contributed by atoms with E-state index in [0.717, 1.165) is 30.7 Å². The molecule has 4 aliphatic rings. The molecule has 2 aromatic carbocycles. The van der Waals surface area contributed by atoms with Crippen LogP contribution in [-0.2, 0) is 4.79 Å². The first kappa shape index (κ1) is 31.2. The fourth-order valence-electron chi connectivity index (χ4n) is 8.16. The summed E-state index contributed by atoms with van der Waals surface area (Å²) in [5, 5.41) is 10.3. The summed E-state index contributed by atoms with van der Waals surface area (Å²) in [4.78, 5) is 27.4. The highest BCUT2D eigenvalue weighted by molar-refractivity contribution is 7.23. The second-order valence-electron chi connectivity index (χ2n) is 13.1. The van der Waals surface area contributed by atoms with Crippen LogP contribution < -0.4 is 20.1 Å². The Hall–Kier alpha value is -4.06. The molecule has 3 fully saturated rings. The van der Waals surface area contributed by atoms with Crippen LogP contribution in [0.4, 0.5) is 24.0 Å². The number of alkyl halides is 1. The third-order valence-electron chi connectivity index (χ3n) is 10.5. The number of hydrogen-bond acceptors (Lipinski definition) is 10. The number of aromatic nitrogens is 2. The summed E-state index contributed by atoms with van der Waals surface area (Å²) in [6, 6.07) is 4.11. The largest absolute Gasteiger partial charge is 0.484 e. The second-order valence-corrected chi connectivity index (χ2v) is 14.5. The van der Waals surface area contributed by atoms with E-state index in [1.165, 1.54) is 19.1 Å². The first-order chi connectivity index (χ1) is 23.0. The maximum absolute atomic E-state index is 17.1. The van der Waals surface area contributed by atoms with Crippen LogP contribution in [0.2, 0.25) is 5.02 Å². The molecule has 2 aromatic heterocycles. The van der Waals surface area contributed by atoms with Crippen molar-refractivity contribution < 1.29 is 27.4 Å². The Morgan fingerprint density at radius 2 is 2.08 bits per heavy atom. The summed E-state index contributed by atoms with van der Waals surface area (Å²) in [6.45, 7) is 3.52. The number of carbonyl (C=O) groups excluding carboxylic acids is 1. The van der Waals surface area contributed by atoms with E-state index in [2.05, 4.69) is 9.88 Å². The molecule has 0 bridgehead atoms. The van der Waals surface area contributed by atoms with Crippen molar-refractivity contribution in [2.75, 3.05) is 50.5 Å². The molecule has 0 radical (unpaired) electrons. The third-order valence-corrected chi connectivity index (χ3v) is 11.9. The molecule has 1 amide bonds. The summed E-state index contributed by atoms with van der Waals surface area (Å²) in [7, 11) is 1.79. The number of nitrogens with zero attached hydrogens (tertiary/aromatic N) is 6. The number of amides is 1. The molecule has 4 aromatic rings. The standard InChI is InChI=1S/C33H31ClF3N7O3S/c1-15(45)43-13-20-21(14-43)47-28-24-27(26(37)23(25(28)34)17-4-5-19(36)29-22(17)18(11-38)30(39)48-29)40-32(41-31(24)42(20)2)46-9-7-33-6-3-8-44(33)12-16(35)10-33/h4-5,16,20-21H,3,6-10,12-14,39H2,1-2H3/t16-,20?,21?,33-/m1/s1. The van der Waals surface area contributed by atoms with Crippen molar-refractivity contribution in [1.82, 2.24) is 19.8 Å². The first-order valence-corrected chi connectivity index (χ1v) is 17.0. The van der Waals surface area contributed by atoms with Gasteiger partial charge in [-0.1, -0.05) is 17.7 Å². The molecular weight excluding hydrogens is 667 g/mol. The number of anilines is 2. The van der Waals surface area contributed by atoms with Crippen LogP contribution >= 0.6 is 22.9 Å². The van der Waals surface area contributed by atoms with Gasteiger partial charge in [0.05, 0.1) is 39.9 Å². The Morgan fingerprint density at radius 3 is 2.85 bits per heavy atom. The molecule has 3 saturated heterocycles. The number of nitrogen functional groups attached to an aromatic ring is 1. The lowest BCUT2D eigenvalue weighted by Gasteiger charge is -2.31. The van der Waals surface area contributed by atoms with Crippen LogP contribution in [0, 0.1) is 23.0 Å². The topological polar surface area (TPSA) is 121 Å². The molecule has 0 aliphatic carbocycles. The van der Waals surface area contributed by atoms with E-state index in [-0.39, 0.29) is 90.1 Å². The van der Waals surface area contributed by atoms with Gasteiger partial charge in [0.1, 0.15) is 40.5 Å². The highest BCUT2D eigenvalue weighted by Gasteiger charge is 2.48. The van der Waals surface area contributed by atoms with Crippen LogP contribution in [0.15, 0.2) is 12.1 Å². The van der Waals surface area contributed by atoms with Gasteiger partial charge in [0.15, 0.2) is 11.6 Å². The zero-order valence-electron chi connectivity index (χ0n) is 26.2. The lowest BCUT2D eigenvalue weighted by molar-refractivity contribution is -0.128. The average molecular weight is 698 g/mol. The van der Waals surface area contributed by atoms with Gasteiger partial charge >= 0.3 is 6.01 Å². The number of fused-ring (bicyclic) bond motifs is 3. The molecular formula is C33H31ClF3N7O3S. The second kappa shape index (κ2) is 11.2. The number of hydrogen-bond donors (Lipinski definition) is 1. The molecule has 4 atom stereocenters. The van der Waals surface area contributed by atoms with E-state index in [1.54, 1.807) is 11.9 Å². The summed E-state index contributed by atoms with van der Waals surface area (Å²) in [6.07, 6.45) is 1.43. The van der Waals surface area contributed by atoms with Crippen LogP contribution in [0.25, 0.3) is 32.1 Å². The minimum atomic E-state index is -0.883. The number of likely N-dealkylation sites (N-methyl/N-ethyl adjacent to an activating group) is 1. The lowest BCUT2D eigenvalue weighted by atomic mass is 9.90. The zero-order chi connectivity index (χ0) is 33.6. The molecule has 8 rings (SSSR count). The number of likely N-dealkylation sites (tertiary alicyclic amines) is 1. The Morgan fingerprint density at radius 1 is 1.27 bits per heavy atom. The minimum Gasteiger partial charge on any atom is -0.484 e. The Bertz CT molecular complexity index is 2070. The maximum Gasteiger partial charge on any atom is 0.319 e. The summed E-state index contributed by atoms with van der Waals surface area (Å²) in [5.41, 5.74) is 5.69. The fourth-order valence-corrected chi connectivity index (χ4v) is 9.44. The van der Waals surface area contributed by atoms with Gasteiger partial charge in [0, 0.05) is 50.0 Å². The molecule has 10 nitrogen and oxygen atoms in total. The fraction of sp³-hybridized carbons (Fsp3) is 0.455. The number of nitriles is 1. The van der Waals surface area contributed by atoms with Crippen molar-refractivity contribution in [2.24, 2.45) is 0 Å². The molecule has 0 spiro atoms. The Balaban J connectivity index is 1.30. The van der Waals surface area contributed by atoms with Crippen molar-refractivity contribution in [3.63, 3.8) is 0 Å². The van der Waals surface area contributed by atoms with Crippen molar-refractivity contribution >= 4 is 60.7 Å². The van der Waals surface area contributed by atoms with Gasteiger partial charge in [-0.05, 0) is 37.4 Å². The van der Waals surface area contributed by atoms with Crippen molar-refractivity contribution in [3.05, 3.63) is 34.4 Å². The number of halogens is 4. The van der Waals surface area contributed by atoms with Gasteiger partial charge in [0.2, 0.25) is 5.91 Å². The van der Waals surface area contributed by atoms with Gasteiger partial charge < -0.3 is 25.0 Å². The molecule has 0 saturated carbocycles. The molecule has 48 heavy (non-hydrogen) atoms. The molecule has 2 N–H and O–H groups in total. The monoisotopic (exact) mass is 697 g/mol. The number of rotatable bonds is 5. The van der Waals surface area contributed by atoms with Gasteiger partial charge in [-0.2, -0.15) is 15.2 Å². The molecule has 6 heterocycles. The van der Waals surface area contributed by atoms with E-state index in [9.17, 15) is 18.8 Å². The molecule has 4 aliphatic heterocycles. The van der Waals surface area contributed by atoms with E-state index in [0.29, 0.717) is 31.7 Å². The molecule has 2 unspecified atom stereocenters. The SMILES string of the molecule is CC(=O)N1CC2Oc3c(Cl)c(-c4ccc(F)c5sc(N)c(C#N)c45)c(F)c4nc(OCC[C@@]56CCCN5C[C@H](F)C6)nc(c34)N(C)C2C1. The van der Waals surface area contributed by atoms with Gasteiger partial charge in [-0.25, -0.2) is 13.2 Å². The number of benzene rings is 2. The number of nitrogens with two attached hydrogens (primary N) is 1. The van der Waals surface area contributed by atoms with Crippen molar-refractivity contribution in [3.8, 4) is 29.0 Å². The highest BCUT2D eigenvalue weighted by atomic mass is 35.5. The quantitative estimate of drug-likeness (QED) is 0.281. The van der Waals surface area contributed by atoms with E-state index in [1.807, 2.05) is 11.0 Å². The van der Waals surface area contributed by atoms with Gasteiger partial charge in [0.25, 0.3) is 0 Å². The number of ether oxygens (including phenoxy) is 2. The summed E-state index contributed by atoms with van der Waals surface area (Å²) < 4.78 is 59.2. The van der Waals surface area contributed by atoms with Crippen LogP contribution in [-0.4, -0.2) is 89.4 Å². The van der Waals surface area contributed by atoms with E-state index in [4.69, 9.17) is 31.8 Å². The number of thiophene rings is 1. The van der Waals surface area contributed by atoms with Crippen LogP contribution in [0.3, 0.4) is 0 Å². The Kier molecular flexibility index (Phi) is 7.32. The van der Waals surface area contributed by atoms with E-state index < -0.39 is 23.9 Å². The van der Waals surface area contributed by atoms with Gasteiger partial charge in [-0.3, -0.25) is 9.69 Å². The van der Waals surface area contributed by atoms with Crippen LogP contribution in [0.5, 0.6) is 11.8 Å². The highest BCUT2D eigenvalue weighted by Crippen LogP contribution is 2.52. The normalized spacial score (nSPS) is 24.9. The predicted octanol–water partition coefficient (Wildman–Crippen LogP) is 5.67. The summed E-state index contributed by atoms with van der Waals surface area (Å²) in [5.74, 6) is -1.16. The van der Waals surface area contributed by atoms with Crippen molar-refractivity contribution in [1.29, 1.82) is 5.26 Å². The minimum absolute atomic E-state index is 0.00898. The lowest BCUT2D eigenvalue weighted by Crippen LogP contribution is -2.42. The average Bonchev–Trinajstić information content (AvgIpc) is 3.79. The third kappa shape index (κ3) is 4.58. The maximum atomic E-state index is 17.1. The zero-order valence-corrected chi connectivity index (χ0v) is 27.7. The Labute approximate surface area is 282 Å². The van der Waals surface area contributed by atoms with E-state index >= 15 is 4.39 Å². The summed E-state index contributed by atoms with van der Waals surface area (Å²) >= 11 is 7.95. The smallest absolute Gasteiger partial charge is 0.319 e. The van der Waals surface area contributed by atoms with Gasteiger partial charge in [-0.15, -0.1) is 11.3 Å². The molecule has 250 valence electrons. The van der Waals surface area contributed by atoms with Crippen molar-refractivity contribution in [2.45, 2.75) is 56.5 Å². The number of carbonyl (C=O) groups is 1. The predicted molar refractivity (Wildman–Crippen MR) is 176 cm³/mol. The molecule has 15 heteroatoms.